The van der Waals surface area contributed by atoms with Gasteiger partial charge in [0.15, 0.2) is 10.1 Å². The molecular formula is C26H40N8O6S2. The summed E-state index contributed by atoms with van der Waals surface area (Å²) in [6, 6.07) is 8.34. The zero-order chi connectivity index (χ0) is 31.3. The van der Waals surface area contributed by atoms with E-state index < -0.39 is 49.8 Å². The van der Waals surface area contributed by atoms with Gasteiger partial charge in [0.1, 0.15) is 0 Å². The number of sulfonamides is 2. The van der Waals surface area contributed by atoms with Crippen LogP contribution in [0.5, 0.6) is 0 Å². The molecule has 4 rings (SSSR count). The summed E-state index contributed by atoms with van der Waals surface area (Å²) in [6.45, 7) is 8.09. The molecule has 232 valence electrons. The molecule has 14 nitrogen and oxygen atoms in total. The molecule has 4 N–H and O–H groups in total. The van der Waals surface area contributed by atoms with E-state index >= 15 is 0 Å². The number of aliphatic hydroxyl groups is 2. The zero-order valence-corrected chi connectivity index (χ0v) is 25.9. The molecule has 0 bridgehead atoms. The third-order valence-electron chi connectivity index (χ3n) is 7.16. The predicted molar refractivity (Wildman–Crippen MR) is 156 cm³/mol. The smallest absolute Gasteiger partial charge is 0.260 e. The minimum absolute atomic E-state index is 0.00142. The lowest BCUT2D eigenvalue weighted by atomic mass is 9.86. The lowest BCUT2D eigenvalue weighted by molar-refractivity contribution is 0.129. The Balaban J connectivity index is 0.000000231. The van der Waals surface area contributed by atoms with Crippen molar-refractivity contribution in [3.63, 3.8) is 0 Å². The van der Waals surface area contributed by atoms with Crippen LogP contribution in [0.4, 0.5) is 0 Å². The van der Waals surface area contributed by atoms with Gasteiger partial charge in [0, 0.05) is 49.5 Å². The van der Waals surface area contributed by atoms with E-state index in [4.69, 9.17) is 11.3 Å². The fourth-order valence-electron chi connectivity index (χ4n) is 5.18. The first-order valence-electron chi connectivity index (χ1n) is 13.5. The number of rotatable bonds is 5. The Bertz CT molecular complexity index is 1450. The number of hydrogen-bond donors (Lipinski definition) is 3. The van der Waals surface area contributed by atoms with Gasteiger partial charge in [-0.25, -0.2) is 26.8 Å². The number of aromatic nitrogens is 2. The monoisotopic (exact) mass is 624 g/mol. The van der Waals surface area contributed by atoms with Crippen molar-refractivity contribution >= 4 is 20.0 Å². The molecular weight excluding hydrogens is 584 g/mol. The van der Waals surface area contributed by atoms with Gasteiger partial charge in [-0.05, 0) is 53.5 Å². The maximum absolute atomic E-state index is 12.7. The molecule has 2 aromatic rings. The Labute approximate surface area is 247 Å². The van der Waals surface area contributed by atoms with Crippen molar-refractivity contribution in [3.8, 4) is 0 Å². The van der Waals surface area contributed by atoms with Crippen LogP contribution < -0.4 is 5.73 Å². The van der Waals surface area contributed by atoms with E-state index in [1.165, 1.54) is 33.1 Å². The first kappa shape index (κ1) is 33.8. The van der Waals surface area contributed by atoms with E-state index in [0.717, 1.165) is 0 Å². The molecule has 2 aliphatic rings. The number of aliphatic hydroxyl groups excluding tert-OH is 2. The van der Waals surface area contributed by atoms with Gasteiger partial charge < -0.3 is 15.9 Å². The summed E-state index contributed by atoms with van der Waals surface area (Å²) in [5.41, 5.74) is 13.8. The molecule has 0 spiro atoms. The second kappa shape index (κ2) is 13.3. The minimum atomic E-state index is -3.80. The molecule has 4 heterocycles. The molecule has 42 heavy (non-hydrogen) atoms. The van der Waals surface area contributed by atoms with Gasteiger partial charge in [-0.1, -0.05) is 44.9 Å². The van der Waals surface area contributed by atoms with Gasteiger partial charge in [-0.2, -0.15) is 8.61 Å². The van der Waals surface area contributed by atoms with Crippen LogP contribution in [0.15, 0.2) is 64.0 Å². The summed E-state index contributed by atoms with van der Waals surface area (Å²) in [5, 5.41) is 23.8. The standard InChI is InChI=1S/C13H19N5O3S.C13H21N3O3S/c1-13(2)7-10(16-17-14)11(19)8-18(9-13)22(20,21)12-5-3-4-6-15-12;1-13(2)7-10(14)11(17)8-16(9-13)20(18,19)12-5-3-4-6-15-12/h3-6,10-11,19H,7-9H2,1-2H3;3-6,10-11,17H,7-9,14H2,1-2H3. The van der Waals surface area contributed by atoms with Crippen molar-refractivity contribution in [3.05, 3.63) is 59.2 Å². The summed E-state index contributed by atoms with van der Waals surface area (Å²) in [5.74, 6) is 0. The molecule has 4 unspecified atom stereocenters. The highest BCUT2D eigenvalue weighted by Gasteiger charge is 2.40. The minimum Gasteiger partial charge on any atom is -0.391 e. The number of β-amino-alcohol motifs (C(OH)–C–C–N with tert-alkyl or cyclic N) is 2. The maximum Gasteiger partial charge on any atom is 0.260 e. The Morgan fingerprint density at radius 2 is 1.31 bits per heavy atom. The molecule has 0 aromatic carbocycles. The van der Waals surface area contributed by atoms with Gasteiger partial charge in [0.05, 0.1) is 18.2 Å². The van der Waals surface area contributed by atoms with Crippen LogP contribution in [-0.2, 0) is 20.0 Å². The number of nitrogens with two attached hydrogens (primary N) is 1. The summed E-state index contributed by atoms with van der Waals surface area (Å²) in [4.78, 5) is 10.5. The third kappa shape index (κ3) is 8.45. The molecule has 2 aliphatic heterocycles. The fraction of sp³-hybridized carbons (Fsp3) is 0.615. The van der Waals surface area contributed by atoms with E-state index in [9.17, 15) is 27.0 Å². The number of azide groups is 1. The van der Waals surface area contributed by atoms with Gasteiger partial charge in [-0.3, -0.25) is 0 Å². The van der Waals surface area contributed by atoms with E-state index in [1.54, 1.807) is 24.3 Å². The number of nitrogens with zero attached hydrogens (tertiary/aromatic N) is 7. The lowest BCUT2D eigenvalue weighted by Crippen LogP contribution is -2.42. The van der Waals surface area contributed by atoms with Crippen molar-refractivity contribution in [2.75, 3.05) is 26.2 Å². The molecule has 0 radical (unpaired) electrons. The van der Waals surface area contributed by atoms with Crippen molar-refractivity contribution < 1.29 is 27.0 Å². The molecule has 4 atom stereocenters. The van der Waals surface area contributed by atoms with Gasteiger partial charge in [0.25, 0.3) is 20.0 Å². The largest absolute Gasteiger partial charge is 0.391 e. The van der Waals surface area contributed by atoms with E-state index in [-0.39, 0.29) is 35.1 Å². The van der Waals surface area contributed by atoms with Crippen LogP contribution in [0.3, 0.4) is 0 Å². The Morgan fingerprint density at radius 1 is 0.857 bits per heavy atom. The Kier molecular flexibility index (Phi) is 10.7. The van der Waals surface area contributed by atoms with Crippen LogP contribution in [0, 0.1) is 10.8 Å². The molecule has 2 saturated heterocycles. The van der Waals surface area contributed by atoms with E-state index in [1.807, 2.05) is 27.7 Å². The van der Waals surface area contributed by atoms with Gasteiger partial charge in [-0.15, -0.1) is 0 Å². The Morgan fingerprint density at radius 3 is 1.74 bits per heavy atom. The summed E-state index contributed by atoms with van der Waals surface area (Å²) >= 11 is 0. The molecule has 0 aliphatic carbocycles. The van der Waals surface area contributed by atoms with E-state index in [0.29, 0.717) is 19.4 Å². The second-order valence-corrected chi connectivity index (χ2v) is 16.0. The highest BCUT2D eigenvalue weighted by atomic mass is 32.2. The van der Waals surface area contributed by atoms with Crippen LogP contribution in [0.2, 0.25) is 0 Å². The first-order chi connectivity index (χ1) is 19.5. The second-order valence-electron chi connectivity index (χ2n) is 12.2. The normalized spacial score (nSPS) is 26.9. The van der Waals surface area contributed by atoms with Crippen molar-refractivity contribution in [2.45, 2.75) is 74.9 Å². The molecule has 2 fully saturated rings. The highest BCUT2D eigenvalue weighted by molar-refractivity contribution is 7.89. The molecule has 0 amide bonds. The predicted octanol–water partition coefficient (Wildman–Crippen LogP) is 1.73. The average molecular weight is 625 g/mol. The van der Waals surface area contributed by atoms with Crippen molar-refractivity contribution in [2.24, 2.45) is 21.7 Å². The van der Waals surface area contributed by atoms with Crippen LogP contribution in [0.1, 0.15) is 40.5 Å². The van der Waals surface area contributed by atoms with Crippen LogP contribution in [0.25, 0.3) is 10.4 Å². The maximum atomic E-state index is 12.7. The van der Waals surface area contributed by atoms with Crippen LogP contribution >= 0.6 is 0 Å². The Hall–Kier alpha value is -2.69. The van der Waals surface area contributed by atoms with Gasteiger partial charge >= 0.3 is 0 Å². The van der Waals surface area contributed by atoms with Gasteiger partial charge in [0.2, 0.25) is 0 Å². The zero-order valence-electron chi connectivity index (χ0n) is 24.2. The topological polar surface area (TPSA) is 216 Å². The van der Waals surface area contributed by atoms with Crippen molar-refractivity contribution in [1.29, 1.82) is 0 Å². The number of hydrogen-bond acceptors (Lipinski definition) is 10. The SMILES string of the molecule is CC1(C)CC(N)C(O)CN(S(=O)(=O)c2ccccn2)C1.CC1(C)CC(N=[N+]=[N-])C(O)CN(S(=O)(=O)c2ccccn2)C1. The summed E-state index contributed by atoms with van der Waals surface area (Å²) in [7, 11) is -7.51. The number of pyridine rings is 2. The third-order valence-corrected chi connectivity index (χ3v) is 10.6. The first-order valence-corrected chi connectivity index (χ1v) is 16.3. The average Bonchev–Trinajstić information content (AvgIpc) is 3.11. The fourth-order valence-corrected chi connectivity index (χ4v) is 8.33. The summed E-state index contributed by atoms with van der Waals surface area (Å²) in [6.07, 6.45) is 1.92. The molecule has 16 heteroatoms. The molecule has 2 aromatic heterocycles. The quantitative estimate of drug-likeness (QED) is 0.250. The molecule has 0 saturated carbocycles. The highest BCUT2D eigenvalue weighted by Crippen LogP contribution is 2.33. The van der Waals surface area contributed by atoms with E-state index in [2.05, 4.69) is 20.0 Å². The van der Waals surface area contributed by atoms with Crippen molar-refractivity contribution in [1.82, 2.24) is 18.6 Å². The lowest BCUT2D eigenvalue weighted by Gasteiger charge is -2.28. The summed E-state index contributed by atoms with van der Waals surface area (Å²) < 4.78 is 53.1. The van der Waals surface area contributed by atoms with Crippen LogP contribution in [-0.4, -0.2) is 96.1 Å².